The summed E-state index contributed by atoms with van der Waals surface area (Å²) in [7, 11) is 0. The summed E-state index contributed by atoms with van der Waals surface area (Å²) >= 11 is 1.76. The van der Waals surface area contributed by atoms with Gasteiger partial charge in [-0.15, -0.1) is 11.8 Å². The van der Waals surface area contributed by atoms with Crippen molar-refractivity contribution in [1.82, 2.24) is 4.90 Å². The predicted molar refractivity (Wildman–Crippen MR) is 92.6 cm³/mol. The summed E-state index contributed by atoms with van der Waals surface area (Å²) in [5.74, 6) is 0.961. The van der Waals surface area contributed by atoms with Crippen LogP contribution in [-0.2, 0) is 16.0 Å². The molecule has 122 valence electrons. The van der Waals surface area contributed by atoms with Crippen LogP contribution < -0.4 is 4.90 Å². The molecule has 0 spiro atoms. The van der Waals surface area contributed by atoms with Gasteiger partial charge in [-0.25, -0.2) is 0 Å². The van der Waals surface area contributed by atoms with Crippen LogP contribution in [0.25, 0.3) is 0 Å². The number of carbonyl (C=O) groups excluding carboxylic acids is 2. The minimum Gasteiger partial charge on any atom is -0.315 e. The summed E-state index contributed by atoms with van der Waals surface area (Å²) in [6.45, 7) is 4.93. The molecule has 0 aromatic heterocycles. The van der Waals surface area contributed by atoms with Gasteiger partial charge in [-0.1, -0.05) is 18.2 Å². The van der Waals surface area contributed by atoms with E-state index in [1.807, 2.05) is 9.80 Å². The Morgan fingerprint density at radius 1 is 1.35 bits per heavy atom. The highest BCUT2D eigenvalue weighted by molar-refractivity contribution is 8.01. The van der Waals surface area contributed by atoms with E-state index in [9.17, 15) is 9.59 Å². The van der Waals surface area contributed by atoms with Crippen LogP contribution in [0.2, 0.25) is 0 Å². The van der Waals surface area contributed by atoms with Crippen molar-refractivity contribution < 1.29 is 9.59 Å². The number of anilines is 1. The van der Waals surface area contributed by atoms with Gasteiger partial charge in [-0.3, -0.25) is 9.59 Å². The minimum absolute atomic E-state index is 0.103. The van der Waals surface area contributed by atoms with Gasteiger partial charge in [0.05, 0.1) is 4.87 Å². The standard InChI is InChI=1S/C18H22N2O2S/c1-12-5-3-6-13-7-4-10-19(16(12)13)17(22)14-11-23-18(2)9-8-15(21)20(14)18/h3,5-6,14H,4,7-11H2,1-2H3/t14-,18-/m1/s1. The molecule has 0 aliphatic carbocycles. The second kappa shape index (κ2) is 5.26. The van der Waals surface area contributed by atoms with E-state index in [0.29, 0.717) is 6.42 Å². The Bertz CT molecular complexity index is 690. The number of benzene rings is 1. The lowest BCUT2D eigenvalue weighted by atomic mass is 9.97. The average Bonchev–Trinajstić information content (AvgIpc) is 3.03. The molecule has 2 atom stereocenters. The molecule has 2 fully saturated rings. The molecule has 0 saturated carbocycles. The first-order chi connectivity index (χ1) is 11.0. The van der Waals surface area contributed by atoms with Crippen molar-refractivity contribution in [3.8, 4) is 0 Å². The molecular formula is C18H22N2O2S. The van der Waals surface area contributed by atoms with Crippen molar-refractivity contribution in [3.05, 3.63) is 29.3 Å². The van der Waals surface area contributed by atoms with Gasteiger partial charge >= 0.3 is 0 Å². The smallest absolute Gasteiger partial charge is 0.250 e. The van der Waals surface area contributed by atoms with Crippen LogP contribution in [-0.4, -0.2) is 39.9 Å². The number of aryl methyl sites for hydroxylation is 2. The van der Waals surface area contributed by atoms with Crippen molar-refractivity contribution in [2.24, 2.45) is 0 Å². The number of para-hydroxylation sites is 1. The van der Waals surface area contributed by atoms with Crippen LogP contribution in [0.4, 0.5) is 5.69 Å². The van der Waals surface area contributed by atoms with Crippen molar-refractivity contribution in [3.63, 3.8) is 0 Å². The Balaban J connectivity index is 1.68. The van der Waals surface area contributed by atoms with E-state index in [4.69, 9.17) is 0 Å². The Kier molecular flexibility index (Phi) is 3.45. The van der Waals surface area contributed by atoms with E-state index in [1.54, 1.807) is 11.8 Å². The van der Waals surface area contributed by atoms with Crippen LogP contribution in [0.5, 0.6) is 0 Å². The van der Waals surface area contributed by atoms with Gasteiger partial charge in [-0.2, -0.15) is 0 Å². The van der Waals surface area contributed by atoms with Gasteiger partial charge in [0.1, 0.15) is 6.04 Å². The molecule has 0 N–H and O–H groups in total. The number of amides is 2. The Morgan fingerprint density at radius 3 is 3.00 bits per heavy atom. The molecule has 1 aromatic rings. The maximum Gasteiger partial charge on any atom is 0.250 e. The molecule has 4 nitrogen and oxygen atoms in total. The van der Waals surface area contributed by atoms with Gasteiger partial charge in [0, 0.05) is 24.4 Å². The van der Waals surface area contributed by atoms with Crippen molar-refractivity contribution in [2.75, 3.05) is 17.2 Å². The largest absolute Gasteiger partial charge is 0.315 e. The van der Waals surface area contributed by atoms with E-state index in [1.165, 1.54) is 5.56 Å². The first kappa shape index (κ1) is 15.1. The number of hydrogen-bond acceptors (Lipinski definition) is 3. The summed E-state index contributed by atoms with van der Waals surface area (Å²) in [5, 5.41) is 0. The third-order valence-electron chi connectivity index (χ3n) is 5.42. The molecule has 0 radical (unpaired) electrons. The third kappa shape index (κ3) is 2.20. The monoisotopic (exact) mass is 330 g/mol. The van der Waals surface area contributed by atoms with Crippen molar-refractivity contribution in [2.45, 2.75) is 50.4 Å². The van der Waals surface area contributed by atoms with E-state index in [0.717, 1.165) is 42.8 Å². The minimum atomic E-state index is -0.300. The van der Waals surface area contributed by atoms with Crippen LogP contribution in [0.15, 0.2) is 18.2 Å². The lowest BCUT2D eigenvalue weighted by Crippen LogP contribution is -2.52. The number of nitrogens with zero attached hydrogens (tertiary/aromatic N) is 2. The highest BCUT2D eigenvalue weighted by Gasteiger charge is 2.53. The molecule has 2 amide bonds. The van der Waals surface area contributed by atoms with Crippen LogP contribution in [0.1, 0.15) is 37.3 Å². The summed E-state index contributed by atoms with van der Waals surface area (Å²) in [4.78, 5) is 29.2. The molecule has 3 aliphatic rings. The quantitative estimate of drug-likeness (QED) is 0.795. The summed E-state index contributed by atoms with van der Waals surface area (Å²) in [6.07, 6.45) is 3.45. The van der Waals surface area contributed by atoms with Crippen LogP contribution >= 0.6 is 11.8 Å². The number of hydrogen-bond donors (Lipinski definition) is 0. The SMILES string of the molecule is Cc1cccc2c1N(C(=O)[C@H]1CS[C@]3(C)CCC(=O)N13)CCC2. The number of rotatable bonds is 1. The maximum atomic E-state index is 13.3. The van der Waals surface area contributed by atoms with Crippen LogP contribution in [0, 0.1) is 6.92 Å². The highest BCUT2D eigenvalue weighted by atomic mass is 32.2. The van der Waals surface area contributed by atoms with Gasteiger partial charge < -0.3 is 9.80 Å². The number of thioether (sulfide) groups is 1. The fourth-order valence-corrected chi connectivity index (χ4v) is 5.67. The predicted octanol–water partition coefficient (Wildman–Crippen LogP) is 2.73. The van der Waals surface area contributed by atoms with Gasteiger partial charge in [0.15, 0.2) is 0 Å². The summed E-state index contributed by atoms with van der Waals surface area (Å²) < 4.78 is 0. The topological polar surface area (TPSA) is 40.6 Å². The molecular weight excluding hydrogens is 308 g/mol. The van der Waals surface area contributed by atoms with Gasteiger partial charge in [-0.05, 0) is 44.2 Å². The van der Waals surface area contributed by atoms with Gasteiger partial charge in [0.25, 0.3) is 5.91 Å². The molecule has 2 saturated heterocycles. The summed E-state index contributed by atoms with van der Waals surface area (Å²) in [5.41, 5.74) is 3.48. The molecule has 5 heteroatoms. The van der Waals surface area contributed by atoms with E-state index in [-0.39, 0.29) is 22.7 Å². The second-order valence-electron chi connectivity index (χ2n) is 6.94. The zero-order chi connectivity index (χ0) is 16.2. The van der Waals surface area contributed by atoms with E-state index < -0.39 is 0 Å². The van der Waals surface area contributed by atoms with Crippen molar-refractivity contribution >= 4 is 29.3 Å². The molecule has 3 aliphatic heterocycles. The first-order valence-corrected chi connectivity index (χ1v) is 9.36. The molecule has 23 heavy (non-hydrogen) atoms. The molecule has 3 heterocycles. The molecule has 0 unspecified atom stereocenters. The fraction of sp³-hybridized carbons (Fsp3) is 0.556. The molecule has 1 aromatic carbocycles. The molecule has 4 rings (SSSR count). The van der Waals surface area contributed by atoms with E-state index >= 15 is 0 Å². The fourth-order valence-electron chi connectivity index (χ4n) is 4.25. The zero-order valence-corrected chi connectivity index (χ0v) is 14.5. The van der Waals surface area contributed by atoms with Crippen molar-refractivity contribution in [1.29, 1.82) is 0 Å². The van der Waals surface area contributed by atoms with Crippen LogP contribution in [0.3, 0.4) is 0 Å². The lowest BCUT2D eigenvalue weighted by Gasteiger charge is -2.36. The second-order valence-corrected chi connectivity index (χ2v) is 8.44. The normalized spacial score (nSPS) is 29.7. The lowest BCUT2D eigenvalue weighted by molar-refractivity contribution is -0.136. The summed E-state index contributed by atoms with van der Waals surface area (Å²) in [6, 6.07) is 5.95. The molecule has 0 bridgehead atoms. The Hall–Kier alpha value is -1.49. The maximum absolute atomic E-state index is 13.3. The average molecular weight is 330 g/mol. The van der Waals surface area contributed by atoms with Gasteiger partial charge in [0.2, 0.25) is 5.91 Å². The Morgan fingerprint density at radius 2 is 2.17 bits per heavy atom. The van der Waals surface area contributed by atoms with E-state index in [2.05, 4.69) is 32.0 Å². The first-order valence-electron chi connectivity index (χ1n) is 8.37. The number of carbonyl (C=O) groups is 2. The highest BCUT2D eigenvalue weighted by Crippen LogP contribution is 2.48. The third-order valence-corrected chi connectivity index (χ3v) is 6.92. The Labute approximate surface area is 141 Å². The number of fused-ring (bicyclic) bond motifs is 2. The zero-order valence-electron chi connectivity index (χ0n) is 13.7.